The first-order valence-corrected chi connectivity index (χ1v) is 4.55. The Morgan fingerprint density at radius 2 is 2.25 bits per heavy atom. The van der Waals surface area contributed by atoms with E-state index >= 15 is 0 Å². The minimum atomic E-state index is -0.584. The maximum Gasteiger partial charge on any atom is 0.325 e. The summed E-state index contributed by atoms with van der Waals surface area (Å²) in [7, 11) is 0. The van der Waals surface area contributed by atoms with E-state index in [1.54, 1.807) is 0 Å². The van der Waals surface area contributed by atoms with E-state index in [0.29, 0.717) is 18.9 Å². The Bertz CT molecular complexity index is 596. The van der Waals surface area contributed by atoms with Crippen LogP contribution in [0.4, 0.5) is 0 Å². The summed E-state index contributed by atoms with van der Waals surface area (Å²) in [5.74, 6) is 0.476. The zero-order chi connectivity index (χ0) is 11.5. The first-order valence-electron chi connectivity index (χ1n) is 4.55. The lowest BCUT2D eigenvalue weighted by molar-refractivity contribution is 0.380. The van der Waals surface area contributed by atoms with Crippen LogP contribution < -0.4 is 17.0 Å². The smallest absolute Gasteiger partial charge is 0.325 e. The van der Waals surface area contributed by atoms with Crippen molar-refractivity contribution in [2.75, 3.05) is 6.54 Å². The molecule has 84 valence electrons. The van der Waals surface area contributed by atoms with Crippen molar-refractivity contribution in [2.24, 2.45) is 5.73 Å². The molecule has 0 unspecified atom stereocenters. The highest BCUT2D eigenvalue weighted by molar-refractivity contribution is 5.50. The van der Waals surface area contributed by atoms with Crippen LogP contribution in [-0.2, 0) is 6.42 Å². The molecule has 0 spiro atoms. The van der Waals surface area contributed by atoms with Crippen molar-refractivity contribution in [1.29, 1.82) is 0 Å². The van der Waals surface area contributed by atoms with Gasteiger partial charge in [-0.2, -0.15) is 4.98 Å². The number of nitrogens with zero attached hydrogens (tertiary/aromatic N) is 2. The van der Waals surface area contributed by atoms with Crippen molar-refractivity contribution in [3.05, 3.63) is 32.9 Å². The van der Waals surface area contributed by atoms with Crippen LogP contribution in [0.5, 0.6) is 0 Å². The average Bonchev–Trinajstić information content (AvgIpc) is 2.67. The number of hydrogen-bond donors (Lipinski definition) is 3. The van der Waals surface area contributed by atoms with E-state index in [4.69, 9.17) is 10.3 Å². The molecule has 0 aromatic carbocycles. The van der Waals surface area contributed by atoms with Crippen molar-refractivity contribution in [3.63, 3.8) is 0 Å². The van der Waals surface area contributed by atoms with Gasteiger partial charge < -0.3 is 15.2 Å². The van der Waals surface area contributed by atoms with E-state index in [-0.39, 0.29) is 11.4 Å². The fourth-order valence-corrected chi connectivity index (χ4v) is 1.17. The molecule has 2 aromatic heterocycles. The average molecular weight is 223 g/mol. The van der Waals surface area contributed by atoms with Gasteiger partial charge in [-0.1, -0.05) is 5.16 Å². The van der Waals surface area contributed by atoms with Crippen LogP contribution in [-0.4, -0.2) is 26.7 Å². The van der Waals surface area contributed by atoms with Gasteiger partial charge in [-0.15, -0.1) is 0 Å². The molecular formula is C8H9N5O3. The third kappa shape index (κ3) is 1.91. The van der Waals surface area contributed by atoms with Gasteiger partial charge in [0.15, 0.2) is 0 Å². The fourth-order valence-electron chi connectivity index (χ4n) is 1.17. The monoisotopic (exact) mass is 223 g/mol. The third-order valence-corrected chi connectivity index (χ3v) is 1.89. The number of aromatic amines is 2. The largest absolute Gasteiger partial charge is 0.339 e. The first-order chi connectivity index (χ1) is 7.70. The van der Waals surface area contributed by atoms with Crippen molar-refractivity contribution in [3.8, 4) is 11.4 Å². The minimum Gasteiger partial charge on any atom is -0.339 e. The maximum atomic E-state index is 11.4. The molecule has 0 fully saturated rings. The lowest BCUT2D eigenvalue weighted by atomic mass is 10.3. The van der Waals surface area contributed by atoms with E-state index in [1.807, 2.05) is 0 Å². The molecular weight excluding hydrogens is 214 g/mol. The summed E-state index contributed by atoms with van der Waals surface area (Å²) >= 11 is 0. The summed E-state index contributed by atoms with van der Waals surface area (Å²) in [6.07, 6.45) is 1.67. The van der Waals surface area contributed by atoms with Gasteiger partial charge in [0, 0.05) is 19.2 Å². The standard InChI is InChI=1S/C8H9N5O3/c9-2-1-5-11-6(13-16-5)4-3-10-8(15)12-7(4)14/h3H,1-2,9H2,(H2,10,12,14,15). The highest BCUT2D eigenvalue weighted by atomic mass is 16.5. The maximum absolute atomic E-state index is 11.4. The molecule has 2 aromatic rings. The second-order valence-corrected chi connectivity index (χ2v) is 3.04. The highest BCUT2D eigenvalue weighted by Crippen LogP contribution is 2.08. The van der Waals surface area contributed by atoms with E-state index in [1.165, 1.54) is 6.20 Å². The predicted octanol–water partition coefficient (Wildman–Crippen LogP) is -1.39. The summed E-state index contributed by atoms with van der Waals surface area (Å²) in [6, 6.07) is 0. The van der Waals surface area contributed by atoms with Gasteiger partial charge in [0.1, 0.15) is 5.56 Å². The van der Waals surface area contributed by atoms with Crippen LogP contribution in [0.15, 0.2) is 20.3 Å². The second-order valence-electron chi connectivity index (χ2n) is 3.04. The molecule has 0 saturated carbocycles. The van der Waals surface area contributed by atoms with E-state index in [2.05, 4.69) is 20.1 Å². The summed E-state index contributed by atoms with van der Waals surface area (Å²) in [5, 5.41) is 3.61. The van der Waals surface area contributed by atoms with Crippen LogP contribution in [0.2, 0.25) is 0 Å². The van der Waals surface area contributed by atoms with Gasteiger partial charge in [0.05, 0.1) is 0 Å². The van der Waals surface area contributed by atoms with Gasteiger partial charge in [0.25, 0.3) is 5.56 Å². The number of rotatable bonds is 3. The topological polar surface area (TPSA) is 131 Å². The molecule has 0 bridgehead atoms. The fraction of sp³-hybridized carbons (Fsp3) is 0.250. The normalized spacial score (nSPS) is 10.6. The predicted molar refractivity (Wildman–Crippen MR) is 53.7 cm³/mol. The van der Waals surface area contributed by atoms with Crippen LogP contribution in [0, 0.1) is 0 Å². The summed E-state index contributed by atoms with van der Waals surface area (Å²) in [4.78, 5) is 30.5. The minimum absolute atomic E-state index is 0.126. The van der Waals surface area contributed by atoms with Crippen molar-refractivity contribution in [2.45, 2.75) is 6.42 Å². The molecule has 0 radical (unpaired) electrons. The number of nitrogens with one attached hydrogen (secondary N) is 2. The molecule has 8 nitrogen and oxygen atoms in total. The summed E-state index contributed by atoms with van der Waals surface area (Å²) < 4.78 is 4.86. The molecule has 0 amide bonds. The van der Waals surface area contributed by atoms with E-state index < -0.39 is 11.2 Å². The third-order valence-electron chi connectivity index (χ3n) is 1.89. The van der Waals surface area contributed by atoms with Crippen LogP contribution in [0.1, 0.15) is 5.89 Å². The van der Waals surface area contributed by atoms with Gasteiger partial charge in [-0.05, 0) is 0 Å². The Kier molecular flexibility index (Phi) is 2.64. The Morgan fingerprint density at radius 3 is 2.94 bits per heavy atom. The lowest BCUT2D eigenvalue weighted by Crippen LogP contribution is -2.22. The zero-order valence-corrected chi connectivity index (χ0v) is 8.19. The molecule has 4 N–H and O–H groups in total. The number of H-pyrrole nitrogens is 2. The second kappa shape index (κ2) is 4.11. The zero-order valence-electron chi connectivity index (χ0n) is 8.19. The molecule has 0 aliphatic heterocycles. The number of nitrogens with two attached hydrogens (primary N) is 1. The first kappa shape index (κ1) is 10.3. The van der Waals surface area contributed by atoms with Gasteiger partial charge >= 0.3 is 5.69 Å². The number of hydrogen-bond acceptors (Lipinski definition) is 6. The Morgan fingerprint density at radius 1 is 1.44 bits per heavy atom. The molecule has 0 aliphatic carbocycles. The highest BCUT2D eigenvalue weighted by Gasteiger charge is 2.11. The molecule has 2 rings (SSSR count). The van der Waals surface area contributed by atoms with Crippen molar-refractivity contribution >= 4 is 0 Å². The Hall–Kier alpha value is -2.22. The molecule has 0 atom stereocenters. The van der Waals surface area contributed by atoms with Gasteiger partial charge in [-0.25, -0.2) is 4.79 Å². The van der Waals surface area contributed by atoms with Crippen molar-refractivity contribution < 1.29 is 4.52 Å². The summed E-state index contributed by atoms with van der Waals surface area (Å²) in [5.41, 5.74) is 4.31. The Labute approximate surface area is 88.5 Å². The van der Waals surface area contributed by atoms with Gasteiger partial charge in [0.2, 0.25) is 11.7 Å². The number of aromatic nitrogens is 4. The Balaban J connectivity index is 2.42. The SMILES string of the molecule is NCCc1nc(-c2c[nH]c(=O)[nH]c2=O)no1. The summed E-state index contributed by atoms with van der Waals surface area (Å²) in [6.45, 7) is 0.379. The van der Waals surface area contributed by atoms with Gasteiger partial charge in [-0.3, -0.25) is 9.78 Å². The lowest BCUT2D eigenvalue weighted by Gasteiger charge is -1.90. The molecule has 0 aliphatic rings. The molecule has 8 heteroatoms. The van der Waals surface area contributed by atoms with Crippen LogP contribution >= 0.6 is 0 Å². The molecule has 0 saturated heterocycles. The van der Waals surface area contributed by atoms with Crippen molar-refractivity contribution in [1.82, 2.24) is 20.1 Å². The molecule has 2 heterocycles. The van der Waals surface area contributed by atoms with Crippen LogP contribution in [0.25, 0.3) is 11.4 Å². The van der Waals surface area contributed by atoms with E-state index in [0.717, 1.165) is 0 Å². The van der Waals surface area contributed by atoms with Crippen LogP contribution in [0.3, 0.4) is 0 Å². The van der Waals surface area contributed by atoms with E-state index in [9.17, 15) is 9.59 Å². The molecule has 16 heavy (non-hydrogen) atoms. The quantitative estimate of drug-likeness (QED) is 0.587.